The summed E-state index contributed by atoms with van der Waals surface area (Å²) in [6.45, 7) is 2.58. The molecule has 82 valence electrons. The van der Waals surface area contributed by atoms with E-state index in [2.05, 4.69) is 16.0 Å². The number of hydrogen-bond acceptors (Lipinski definition) is 3. The molecule has 0 fully saturated rings. The van der Waals surface area contributed by atoms with Crippen LogP contribution in [-0.4, -0.2) is 38.4 Å². The zero-order valence-electron chi connectivity index (χ0n) is 9.20. The van der Waals surface area contributed by atoms with E-state index in [0.717, 1.165) is 19.4 Å². The van der Waals surface area contributed by atoms with E-state index >= 15 is 0 Å². The monoisotopic (exact) mass is 199 g/mol. The standard InChI is InChI=1S/C9H21N5/c1-7(10)8(12-2)5-4-6-14-9(11)13-3/h8,10,12H,4-6H2,1-3H3,(H3,11,13,14)/t8-/m0/s1. The van der Waals surface area contributed by atoms with E-state index in [4.69, 9.17) is 10.8 Å². The van der Waals surface area contributed by atoms with Gasteiger partial charge in [-0.25, -0.2) is 0 Å². The Bertz CT molecular complexity index is 190. The smallest absolute Gasteiger partial charge is 0.188 e. The van der Waals surface area contributed by atoms with Crippen LogP contribution in [0, 0.1) is 10.8 Å². The SMILES string of the molecule is CNC(=N)NCCC[C@H](NC)C(C)=N. The van der Waals surface area contributed by atoms with Crippen LogP contribution in [0.5, 0.6) is 0 Å². The van der Waals surface area contributed by atoms with Gasteiger partial charge in [0.25, 0.3) is 0 Å². The maximum atomic E-state index is 7.47. The fourth-order valence-electron chi connectivity index (χ4n) is 1.19. The van der Waals surface area contributed by atoms with Crippen LogP contribution in [-0.2, 0) is 0 Å². The molecule has 5 heteroatoms. The molecule has 14 heavy (non-hydrogen) atoms. The molecule has 0 heterocycles. The quantitative estimate of drug-likeness (QED) is 0.240. The first kappa shape index (κ1) is 12.9. The molecule has 0 aromatic carbocycles. The Labute approximate surface area is 85.7 Å². The zero-order valence-corrected chi connectivity index (χ0v) is 9.20. The largest absolute Gasteiger partial charge is 0.360 e. The van der Waals surface area contributed by atoms with Crippen molar-refractivity contribution in [2.75, 3.05) is 20.6 Å². The van der Waals surface area contributed by atoms with Gasteiger partial charge in [0, 0.05) is 25.3 Å². The van der Waals surface area contributed by atoms with Crippen molar-refractivity contribution >= 4 is 11.7 Å². The van der Waals surface area contributed by atoms with Crippen LogP contribution in [0.15, 0.2) is 0 Å². The van der Waals surface area contributed by atoms with E-state index in [1.54, 1.807) is 7.05 Å². The molecule has 0 aromatic rings. The lowest BCUT2D eigenvalue weighted by Gasteiger charge is -2.14. The molecule has 0 unspecified atom stereocenters. The van der Waals surface area contributed by atoms with Crippen molar-refractivity contribution in [1.29, 1.82) is 10.8 Å². The van der Waals surface area contributed by atoms with E-state index in [1.165, 1.54) is 0 Å². The Morgan fingerprint density at radius 3 is 2.36 bits per heavy atom. The molecular formula is C9H21N5. The summed E-state index contributed by atoms with van der Waals surface area (Å²) in [5.74, 6) is 0.345. The minimum atomic E-state index is 0.167. The summed E-state index contributed by atoms with van der Waals surface area (Å²) in [7, 11) is 3.58. The molecule has 5 N–H and O–H groups in total. The van der Waals surface area contributed by atoms with Crippen molar-refractivity contribution in [3.63, 3.8) is 0 Å². The van der Waals surface area contributed by atoms with Crippen molar-refractivity contribution < 1.29 is 0 Å². The van der Waals surface area contributed by atoms with E-state index in [9.17, 15) is 0 Å². The van der Waals surface area contributed by atoms with E-state index in [1.807, 2.05) is 14.0 Å². The Morgan fingerprint density at radius 1 is 1.29 bits per heavy atom. The van der Waals surface area contributed by atoms with Gasteiger partial charge in [-0.15, -0.1) is 0 Å². The van der Waals surface area contributed by atoms with Crippen LogP contribution < -0.4 is 16.0 Å². The Morgan fingerprint density at radius 2 is 1.93 bits per heavy atom. The van der Waals surface area contributed by atoms with Crippen molar-refractivity contribution in [1.82, 2.24) is 16.0 Å². The molecular weight excluding hydrogens is 178 g/mol. The highest BCUT2D eigenvalue weighted by Crippen LogP contribution is 1.97. The molecule has 0 saturated heterocycles. The van der Waals surface area contributed by atoms with Gasteiger partial charge in [-0.05, 0) is 26.8 Å². The van der Waals surface area contributed by atoms with E-state index < -0.39 is 0 Å². The minimum Gasteiger partial charge on any atom is -0.360 e. The van der Waals surface area contributed by atoms with Crippen LogP contribution in [0.2, 0.25) is 0 Å². The first-order valence-electron chi connectivity index (χ1n) is 4.84. The molecule has 0 radical (unpaired) electrons. The predicted octanol–water partition coefficient (Wildman–Crippen LogP) is 0.138. The van der Waals surface area contributed by atoms with Gasteiger partial charge < -0.3 is 21.4 Å². The Hall–Kier alpha value is -1.10. The lowest BCUT2D eigenvalue weighted by molar-refractivity contribution is 0.596. The fourth-order valence-corrected chi connectivity index (χ4v) is 1.19. The van der Waals surface area contributed by atoms with Crippen LogP contribution in [0.4, 0.5) is 0 Å². The highest BCUT2D eigenvalue weighted by atomic mass is 15.1. The first-order valence-corrected chi connectivity index (χ1v) is 4.84. The Balaban J connectivity index is 3.52. The third-order valence-electron chi connectivity index (χ3n) is 2.09. The average molecular weight is 199 g/mol. The second-order valence-electron chi connectivity index (χ2n) is 3.22. The van der Waals surface area contributed by atoms with Crippen molar-refractivity contribution in [3.8, 4) is 0 Å². The predicted molar refractivity (Wildman–Crippen MR) is 60.3 cm³/mol. The van der Waals surface area contributed by atoms with Gasteiger partial charge in [0.2, 0.25) is 0 Å². The van der Waals surface area contributed by atoms with Gasteiger partial charge in [0.05, 0.1) is 0 Å². The molecule has 1 atom stereocenters. The van der Waals surface area contributed by atoms with Gasteiger partial charge in [-0.2, -0.15) is 0 Å². The third kappa shape index (κ3) is 5.53. The molecule has 0 spiro atoms. The molecule has 0 aliphatic rings. The van der Waals surface area contributed by atoms with Crippen molar-refractivity contribution in [2.24, 2.45) is 0 Å². The maximum Gasteiger partial charge on any atom is 0.188 e. The highest BCUT2D eigenvalue weighted by Gasteiger charge is 2.06. The van der Waals surface area contributed by atoms with E-state index in [0.29, 0.717) is 11.7 Å². The van der Waals surface area contributed by atoms with Gasteiger partial charge in [-0.1, -0.05) is 0 Å². The molecule has 0 amide bonds. The lowest BCUT2D eigenvalue weighted by Crippen LogP contribution is -2.36. The van der Waals surface area contributed by atoms with Gasteiger partial charge in [-0.3, -0.25) is 5.41 Å². The second-order valence-corrected chi connectivity index (χ2v) is 3.22. The number of hydrogen-bond donors (Lipinski definition) is 5. The molecule has 0 rings (SSSR count). The molecule has 0 aliphatic heterocycles. The summed E-state index contributed by atoms with van der Waals surface area (Å²) >= 11 is 0. The third-order valence-corrected chi connectivity index (χ3v) is 2.09. The van der Waals surface area contributed by atoms with Gasteiger partial charge in [0.1, 0.15) is 0 Å². The van der Waals surface area contributed by atoms with Crippen LogP contribution in [0.1, 0.15) is 19.8 Å². The summed E-state index contributed by atoms with van der Waals surface area (Å²) in [6, 6.07) is 0.167. The normalized spacial score (nSPS) is 11.9. The van der Waals surface area contributed by atoms with Crippen LogP contribution in [0.3, 0.4) is 0 Å². The number of nitrogens with one attached hydrogen (secondary N) is 5. The molecule has 0 bridgehead atoms. The van der Waals surface area contributed by atoms with E-state index in [-0.39, 0.29) is 6.04 Å². The number of guanidine groups is 1. The van der Waals surface area contributed by atoms with Crippen molar-refractivity contribution in [3.05, 3.63) is 0 Å². The zero-order chi connectivity index (χ0) is 11.0. The number of rotatable bonds is 6. The first-order chi connectivity index (χ1) is 6.61. The van der Waals surface area contributed by atoms with Crippen molar-refractivity contribution in [2.45, 2.75) is 25.8 Å². The lowest BCUT2D eigenvalue weighted by atomic mass is 10.1. The topological polar surface area (TPSA) is 83.8 Å². The average Bonchev–Trinajstić information content (AvgIpc) is 2.16. The molecule has 0 aliphatic carbocycles. The summed E-state index contributed by atoms with van der Waals surface area (Å²) in [5.41, 5.74) is 0.663. The molecule has 0 aromatic heterocycles. The molecule has 5 nitrogen and oxygen atoms in total. The van der Waals surface area contributed by atoms with Crippen LogP contribution in [0.25, 0.3) is 0 Å². The summed E-state index contributed by atoms with van der Waals surface area (Å²) in [4.78, 5) is 0. The van der Waals surface area contributed by atoms with Crippen LogP contribution >= 0.6 is 0 Å². The van der Waals surface area contributed by atoms with Gasteiger partial charge in [0.15, 0.2) is 5.96 Å². The minimum absolute atomic E-state index is 0.167. The fraction of sp³-hybridized carbons (Fsp3) is 0.778. The maximum absolute atomic E-state index is 7.47. The van der Waals surface area contributed by atoms with Gasteiger partial charge >= 0.3 is 0 Å². The Kier molecular flexibility index (Phi) is 6.74. The summed E-state index contributed by atoms with van der Waals surface area (Å²) < 4.78 is 0. The second kappa shape index (κ2) is 7.32. The highest BCUT2D eigenvalue weighted by molar-refractivity contribution is 5.84. The summed E-state index contributed by atoms with van der Waals surface area (Å²) in [6.07, 6.45) is 1.88. The summed E-state index contributed by atoms with van der Waals surface area (Å²) in [5, 5.41) is 23.5. The molecule has 0 saturated carbocycles.